The third-order valence-corrected chi connectivity index (χ3v) is 1.97. The number of methoxy groups -OCH3 is 2. The summed E-state index contributed by atoms with van der Waals surface area (Å²) in [6.45, 7) is 2.55. The van der Waals surface area contributed by atoms with Crippen molar-refractivity contribution in [1.29, 1.82) is 0 Å². The van der Waals surface area contributed by atoms with Crippen LogP contribution in [0.3, 0.4) is 0 Å². The second-order valence-electron chi connectivity index (χ2n) is 2.95. The maximum Gasteiger partial charge on any atom is 0.112 e. The molecule has 12 heavy (non-hydrogen) atoms. The van der Waals surface area contributed by atoms with Gasteiger partial charge in [0, 0.05) is 26.8 Å². The van der Waals surface area contributed by atoms with Gasteiger partial charge < -0.3 is 14.6 Å². The van der Waals surface area contributed by atoms with Crippen LogP contribution in [-0.2, 0) is 9.47 Å². The first kappa shape index (κ1) is 11.9. The average Bonchev–Trinajstić information content (AvgIpc) is 2.11. The zero-order valence-electron chi connectivity index (χ0n) is 7.99. The van der Waals surface area contributed by atoms with Gasteiger partial charge >= 0.3 is 0 Å². The van der Waals surface area contributed by atoms with Crippen molar-refractivity contribution in [3.63, 3.8) is 0 Å². The standard InChI is InChI=1S/C8H17BO3/c1-6(4-5-11-2)7(10)8(9)12-3/h6-8,10H,4-5H2,1-3H3. The Hall–Kier alpha value is -0.0551. The van der Waals surface area contributed by atoms with Gasteiger partial charge in [-0.05, 0) is 12.3 Å². The highest BCUT2D eigenvalue weighted by atomic mass is 16.5. The summed E-state index contributed by atoms with van der Waals surface area (Å²) in [5.41, 5.74) is 0. The van der Waals surface area contributed by atoms with E-state index in [0.717, 1.165) is 6.42 Å². The summed E-state index contributed by atoms with van der Waals surface area (Å²) >= 11 is 0. The SMILES string of the molecule is [B]C(OC)C(O)C(C)CCOC. The van der Waals surface area contributed by atoms with E-state index in [1.54, 1.807) is 7.11 Å². The van der Waals surface area contributed by atoms with Crippen LogP contribution in [0.2, 0.25) is 0 Å². The first-order chi connectivity index (χ1) is 5.63. The molecule has 0 saturated carbocycles. The van der Waals surface area contributed by atoms with Crippen molar-refractivity contribution in [1.82, 2.24) is 0 Å². The molecule has 0 aromatic rings. The van der Waals surface area contributed by atoms with Gasteiger partial charge in [0.1, 0.15) is 7.85 Å². The summed E-state index contributed by atoms with van der Waals surface area (Å²) in [6, 6.07) is -0.600. The van der Waals surface area contributed by atoms with E-state index in [2.05, 4.69) is 0 Å². The molecule has 2 radical (unpaired) electrons. The minimum Gasteiger partial charge on any atom is -0.391 e. The summed E-state index contributed by atoms with van der Waals surface area (Å²) in [6.07, 6.45) is 0.166. The van der Waals surface area contributed by atoms with Crippen LogP contribution in [-0.4, -0.2) is 45.9 Å². The maximum atomic E-state index is 9.51. The summed E-state index contributed by atoms with van der Waals surface area (Å²) in [5, 5.41) is 9.51. The minimum absolute atomic E-state index is 0.0971. The molecule has 4 heteroatoms. The smallest absolute Gasteiger partial charge is 0.112 e. The molecular weight excluding hydrogens is 155 g/mol. The van der Waals surface area contributed by atoms with Crippen LogP contribution in [0, 0.1) is 5.92 Å². The number of aliphatic hydroxyl groups excluding tert-OH is 1. The van der Waals surface area contributed by atoms with E-state index in [0.29, 0.717) is 6.61 Å². The molecule has 0 aliphatic rings. The first-order valence-electron chi connectivity index (χ1n) is 4.08. The largest absolute Gasteiger partial charge is 0.391 e. The molecule has 0 spiro atoms. The van der Waals surface area contributed by atoms with Gasteiger partial charge in [0.2, 0.25) is 0 Å². The fourth-order valence-corrected chi connectivity index (χ4v) is 0.938. The Kier molecular flexibility index (Phi) is 6.43. The molecule has 0 fully saturated rings. The molecule has 0 aromatic heterocycles. The van der Waals surface area contributed by atoms with Crippen molar-refractivity contribution in [3.8, 4) is 0 Å². The Balaban J connectivity index is 3.67. The van der Waals surface area contributed by atoms with Crippen LogP contribution in [0.4, 0.5) is 0 Å². The van der Waals surface area contributed by atoms with Crippen molar-refractivity contribution in [2.24, 2.45) is 5.92 Å². The predicted octanol–water partition coefficient (Wildman–Crippen LogP) is 0.161. The van der Waals surface area contributed by atoms with E-state index < -0.39 is 12.1 Å². The summed E-state index contributed by atoms with van der Waals surface area (Å²) < 4.78 is 9.68. The van der Waals surface area contributed by atoms with Crippen LogP contribution in [0.25, 0.3) is 0 Å². The lowest BCUT2D eigenvalue weighted by molar-refractivity contribution is -0.00220. The van der Waals surface area contributed by atoms with Crippen LogP contribution >= 0.6 is 0 Å². The highest BCUT2D eigenvalue weighted by Crippen LogP contribution is 2.11. The molecule has 0 aromatic carbocycles. The molecule has 1 N–H and O–H groups in total. The van der Waals surface area contributed by atoms with E-state index in [4.69, 9.17) is 17.3 Å². The number of hydrogen-bond acceptors (Lipinski definition) is 3. The molecule has 70 valence electrons. The van der Waals surface area contributed by atoms with Crippen molar-refractivity contribution in [3.05, 3.63) is 0 Å². The number of ether oxygens (including phenoxy) is 2. The molecule has 0 heterocycles. The van der Waals surface area contributed by atoms with Gasteiger partial charge in [0.25, 0.3) is 0 Å². The molecule has 0 aliphatic heterocycles. The maximum absolute atomic E-state index is 9.51. The molecule has 0 amide bonds. The Bertz CT molecular complexity index is 110. The summed E-state index contributed by atoms with van der Waals surface area (Å²) in [4.78, 5) is 0. The van der Waals surface area contributed by atoms with Gasteiger partial charge in [0.15, 0.2) is 0 Å². The van der Waals surface area contributed by atoms with Gasteiger partial charge in [-0.2, -0.15) is 0 Å². The van der Waals surface area contributed by atoms with E-state index in [1.165, 1.54) is 7.11 Å². The Labute approximate surface area is 75.5 Å². The van der Waals surface area contributed by atoms with E-state index in [1.807, 2.05) is 6.92 Å². The second kappa shape index (κ2) is 6.46. The van der Waals surface area contributed by atoms with Gasteiger partial charge in [-0.1, -0.05) is 6.92 Å². The summed E-state index contributed by atoms with van der Waals surface area (Å²) in [5.74, 6) is 0.0971. The third kappa shape index (κ3) is 4.09. The molecule has 0 rings (SSSR count). The van der Waals surface area contributed by atoms with Crippen molar-refractivity contribution >= 4 is 7.85 Å². The normalized spacial score (nSPS) is 18.7. The fourth-order valence-electron chi connectivity index (χ4n) is 0.938. The Morgan fingerprint density at radius 3 is 2.42 bits per heavy atom. The van der Waals surface area contributed by atoms with E-state index in [9.17, 15) is 5.11 Å². The molecular formula is C8H17BO3. The Morgan fingerprint density at radius 2 is 2.00 bits per heavy atom. The van der Waals surface area contributed by atoms with Crippen molar-refractivity contribution < 1.29 is 14.6 Å². The van der Waals surface area contributed by atoms with Gasteiger partial charge in [-0.3, -0.25) is 0 Å². The molecule has 3 unspecified atom stereocenters. The fraction of sp³-hybridized carbons (Fsp3) is 1.00. The predicted molar refractivity (Wildman–Crippen MR) is 48.2 cm³/mol. The number of aliphatic hydroxyl groups is 1. The number of hydrogen-bond donors (Lipinski definition) is 1. The highest BCUT2D eigenvalue weighted by molar-refractivity contribution is 6.11. The molecule has 3 atom stereocenters. The lowest BCUT2D eigenvalue weighted by Gasteiger charge is -2.23. The topological polar surface area (TPSA) is 38.7 Å². The lowest BCUT2D eigenvalue weighted by atomic mass is 9.86. The van der Waals surface area contributed by atoms with E-state index >= 15 is 0 Å². The minimum atomic E-state index is -0.620. The molecule has 0 aliphatic carbocycles. The highest BCUT2D eigenvalue weighted by Gasteiger charge is 2.19. The average molecular weight is 172 g/mol. The van der Waals surface area contributed by atoms with Crippen molar-refractivity contribution in [2.45, 2.75) is 25.5 Å². The van der Waals surface area contributed by atoms with Crippen LogP contribution in [0.15, 0.2) is 0 Å². The van der Waals surface area contributed by atoms with Crippen LogP contribution in [0.1, 0.15) is 13.3 Å². The third-order valence-electron chi connectivity index (χ3n) is 1.97. The van der Waals surface area contributed by atoms with Gasteiger partial charge in [-0.15, -0.1) is 0 Å². The molecule has 0 bridgehead atoms. The zero-order valence-corrected chi connectivity index (χ0v) is 7.99. The quantitative estimate of drug-likeness (QED) is 0.580. The van der Waals surface area contributed by atoms with Crippen LogP contribution < -0.4 is 0 Å². The second-order valence-corrected chi connectivity index (χ2v) is 2.95. The lowest BCUT2D eigenvalue weighted by Crippen LogP contribution is -2.34. The molecule has 3 nitrogen and oxygen atoms in total. The summed E-state index contributed by atoms with van der Waals surface area (Å²) in [7, 11) is 8.59. The van der Waals surface area contributed by atoms with Crippen molar-refractivity contribution in [2.75, 3.05) is 20.8 Å². The molecule has 0 saturated heterocycles. The van der Waals surface area contributed by atoms with Gasteiger partial charge in [0.05, 0.1) is 6.10 Å². The van der Waals surface area contributed by atoms with Gasteiger partial charge in [-0.25, -0.2) is 0 Å². The first-order valence-corrected chi connectivity index (χ1v) is 4.08. The van der Waals surface area contributed by atoms with E-state index in [-0.39, 0.29) is 5.92 Å². The Morgan fingerprint density at radius 1 is 1.42 bits per heavy atom. The van der Waals surface area contributed by atoms with Crippen LogP contribution in [0.5, 0.6) is 0 Å². The zero-order chi connectivity index (χ0) is 9.56. The number of rotatable bonds is 6. The monoisotopic (exact) mass is 172 g/mol.